The van der Waals surface area contributed by atoms with E-state index in [1.807, 2.05) is 0 Å². The topological polar surface area (TPSA) is 24.5 Å². The Labute approximate surface area is 145 Å². The van der Waals surface area contributed by atoms with Gasteiger partial charge in [-0.1, -0.05) is 42.5 Å². The van der Waals surface area contributed by atoms with Crippen LogP contribution < -0.4 is 5.32 Å². The van der Waals surface area contributed by atoms with E-state index in [9.17, 15) is 0 Å². The van der Waals surface area contributed by atoms with Gasteiger partial charge in [0, 0.05) is 32.7 Å². The molecule has 1 saturated heterocycles. The number of hydrogen-bond acceptors (Lipinski definition) is 3. The molecular formula is C21H28N2O. The quantitative estimate of drug-likeness (QED) is 0.881. The van der Waals surface area contributed by atoms with Crippen LogP contribution in [-0.4, -0.2) is 31.2 Å². The van der Waals surface area contributed by atoms with Gasteiger partial charge in [-0.2, -0.15) is 0 Å². The molecule has 0 saturated carbocycles. The molecule has 1 aliphatic rings. The van der Waals surface area contributed by atoms with Crippen molar-refractivity contribution in [3.63, 3.8) is 0 Å². The summed E-state index contributed by atoms with van der Waals surface area (Å²) in [5, 5.41) is 3.56. The van der Waals surface area contributed by atoms with Gasteiger partial charge < -0.3 is 10.1 Å². The Kier molecular flexibility index (Phi) is 6.02. The first-order valence-corrected chi connectivity index (χ1v) is 8.86. The lowest BCUT2D eigenvalue weighted by atomic mass is 10.0. The number of ether oxygens (including phenoxy) is 1. The zero-order valence-electron chi connectivity index (χ0n) is 14.8. The molecule has 0 bridgehead atoms. The van der Waals surface area contributed by atoms with E-state index in [0.717, 1.165) is 45.9 Å². The van der Waals surface area contributed by atoms with Crippen molar-refractivity contribution in [3.05, 3.63) is 70.3 Å². The van der Waals surface area contributed by atoms with Crippen molar-refractivity contribution < 1.29 is 4.74 Å². The molecule has 128 valence electrons. The van der Waals surface area contributed by atoms with E-state index in [2.05, 4.69) is 66.5 Å². The second-order valence-electron chi connectivity index (χ2n) is 6.67. The second-order valence-corrected chi connectivity index (χ2v) is 6.67. The molecule has 0 unspecified atom stereocenters. The van der Waals surface area contributed by atoms with Crippen molar-refractivity contribution >= 4 is 0 Å². The van der Waals surface area contributed by atoms with Crippen LogP contribution in [0.3, 0.4) is 0 Å². The lowest BCUT2D eigenvalue weighted by molar-refractivity contribution is 0.0342. The van der Waals surface area contributed by atoms with Crippen molar-refractivity contribution in [2.75, 3.05) is 26.3 Å². The molecule has 3 nitrogen and oxygen atoms in total. The Hall–Kier alpha value is -1.68. The van der Waals surface area contributed by atoms with Crippen molar-refractivity contribution in [2.45, 2.75) is 33.5 Å². The van der Waals surface area contributed by atoms with Gasteiger partial charge in [0.15, 0.2) is 0 Å². The van der Waals surface area contributed by atoms with Crippen LogP contribution >= 0.6 is 0 Å². The Balaban J connectivity index is 1.48. The zero-order valence-corrected chi connectivity index (χ0v) is 14.8. The molecule has 0 radical (unpaired) electrons. The molecule has 0 atom stereocenters. The first kappa shape index (κ1) is 17.2. The van der Waals surface area contributed by atoms with Gasteiger partial charge in [-0.25, -0.2) is 0 Å². The summed E-state index contributed by atoms with van der Waals surface area (Å²) in [7, 11) is 0. The summed E-state index contributed by atoms with van der Waals surface area (Å²) in [6.07, 6.45) is 0. The summed E-state index contributed by atoms with van der Waals surface area (Å²) in [5.74, 6) is 0. The van der Waals surface area contributed by atoms with E-state index < -0.39 is 0 Å². The lowest BCUT2D eigenvalue weighted by Crippen LogP contribution is -2.35. The summed E-state index contributed by atoms with van der Waals surface area (Å²) in [6, 6.07) is 15.5. The smallest absolute Gasteiger partial charge is 0.0594 e. The third kappa shape index (κ3) is 4.67. The molecule has 1 heterocycles. The molecule has 3 rings (SSSR count). The Morgan fingerprint density at radius 3 is 2.38 bits per heavy atom. The van der Waals surface area contributed by atoms with Crippen molar-refractivity contribution in [3.8, 4) is 0 Å². The van der Waals surface area contributed by atoms with Gasteiger partial charge in [0.2, 0.25) is 0 Å². The van der Waals surface area contributed by atoms with Crippen molar-refractivity contribution in [1.82, 2.24) is 10.2 Å². The van der Waals surface area contributed by atoms with Gasteiger partial charge in [0.25, 0.3) is 0 Å². The fourth-order valence-corrected chi connectivity index (χ4v) is 3.12. The maximum absolute atomic E-state index is 5.40. The first-order chi connectivity index (χ1) is 11.7. The minimum Gasteiger partial charge on any atom is -0.379 e. The van der Waals surface area contributed by atoms with E-state index in [-0.39, 0.29) is 0 Å². The highest BCUT2D eigenvalue weighted by Gasteiger charge is 2.10. The zero-order chi connectivity index (χ0) is 16.8. The van der Waals surface area contributed by atoms with Crippen LogP contribution in [0.4, 0.5) is 0 Å². The van der Waals surface area contributed by atoms with Crippen LogP contribution in [0.1, 0.15) is 27.8 Å². The van der Waals surface area contributed by atoms with Crippen LogP contribution in [0.25, 0.3) is 0 Å². The number of rotatable bonds is 6. The average molecular weight is 324 g/mol. The third-order valence-corrected chi connectivity index (χ3v) is 4.89. The van der Waals surface area contributed by atoms with Gasteiger partial charge >= 0.3 is 0 Å². The molecule has 0 spiro atoms. The number of nitrogens with zero attached hydrogens (tertiary/aromatic N) is 1. The van der Waals surface area contributed by atoms with Crippen LogP contribution in [0, 0.1) is 13.8 Å². The number of morpholine rings is 1. The number of hydrogen-bond donors (Lipinski definition) is 1. The minimum atomic E-state index is 0.861. The molecule has 2 aromatic rings. The van der Waals surface area contributed by atoms with Gasteiger partial charge in [-0.15, -0.1) is 0 Å². The van der Waals surface area contributed by atoms with Gasteiger partial charge in [0.1, 0.15) is 0 Å². The van der Waals surface area contributed by atoms with Crippen LogP contribution in [-0.2, 0) is 24.4 Å². The molecule has 0 aliphatic carbocycles. The van der Waals surface area contributed by atoms with Gasteiger partial charge in [0.05, 0.1) is 13.2 Å². The van der Waals surface area contributed by atoms with E-state index in [0.29, 0.717) is 0 Å². The lowest BCUT2D eigenvalue weighted by Gasteiger charge is -2.26. The first-order valence-electron chi connectivity index (χ1n) is 8.86. The Morgan fingerprint density at radius 1 is 0.917 bits per heavy atom. The average Bonchev–Trinajstić information content (AvgIpc) is 2.61. The SMILES string of the molecule is Cc1cccc(CNCc2ccc(CN3CCOCC3)cc2)c1C. The number of benzene rings is 2. The maximum atomic E-state index is 5.40. The van der Waals surface area contributed by atoms with Crippen molar-refractivity contribution in [1.29, 1.82) is 0 Å². The summed E-state index contributed by atoms with van der Waals surface area (Å²) >= 11 is 0. The Bertz CT molecular complexity index is 645. The van der Waals surface area contributed by atoms with Crippen LogP contribution in [0.5, 0.6) is 0 Å². The monoisotopic (exact) mass is 324 g/mol. The molecule has 0 aromatic heterocycles. The fourth-order valence-electron chi connectivity index (χ4n) is 3.12. The van der Waals surface area contributed by atoms with Crippen LogP contribution in [0.15, 0.2) is 42.5 Å². The molecule has 0 amide bonds. The minimum absolute atomic E-state index is 0.861. The summed E-state index contributed by atoms with van der Waals surface area (Å²) in [5.41, 5.74) is 6.87. The normalized spacial score (nSPS) is 15.6. The van der Waals surface area contributed by atoms with E-state index >= 15 is 0 Å². The third-order valence-electron chi connectivity index (χ3n) is 4.89. The molecule has 1 N–H and O–H groups in total. The predicted molar refractivity (Wildman–Crippen MR) is 99.0 cm³/mol. The van der Waals surface area contributed by atoms with E-state index in [1.165, 1.54) is 27.8 Å². The second kappa shape index (κ2) is 8.43. The molecule has 1 fully saturated rings. The summed E-state index contributed by atoms with van der Waals surface area (Å²) in [4.78, 5) is 2.46. The highest BCUT2D eigenvalue weighted by Crippen LogP contribution is 2.13. The largest absolute Gasteiger partial charge is 0.379 e. The fraction of sp³-hybridized carbons (Fsp3) is 0.429. The van der Waals surface area contributed by atoms with Crippen LogP contribution in [0.2, 0.25) is 0 Å². The van der Waals surface area contributed by atoms with Crippen molar-refractivity contribution in [2.24, 2.45) is 0 Å². The van der Waals surface area contributed by atoms with Gasteiger partial charge in [-0.05, 0) is 41.7 Å². The molecule has 2 aromatic carbocycles. The van der Waals surface area contributed by atoms with E-state index in [4.69, 9.17) is 4.74 Å². The molecular weight excluding hydrogens is 296 g/mol. The highest BCUT2D eigenvalue weighted by molar-refractivity contribution is 5.33. The van der Waals surface area contributed by atoms with Gasteiger partial charge in [-0.3, -0.25) is 4.90 Å². The summed E-state index contributed by atoms with van der Waals surface area (Å²) in [6.45, 7) is 11.0. The van der Waals surface area contributed by atoms with E-state index in [1.54, 1.807) is 0 Å². The summed E-state index contributed by atoms with van der Waals surface area (Å²) < 4.78 is 5.40. The molecule has 1 aliphatic heterocycles. The number of nitrogens with one attached hydrogen (secondary N) is 1. The Morgan fingerprint density at radius 2 is 1.62 bits per heavy atom. The maximum Gasteiger partial charge on any atom is 0.0594 e. The molecule has 24 heavy (non-hydrogen) atoms. The number of aryl methyl sites for hydroxylation is 1. The molecule has 3 heteroatoms. The predicted octanol–water partition coefficient (Wildman–Crippen LogP) is 3.43. The highest BCUT2D eigenvalue weighted by atomic mass is 16.5. The standard InChI is InChI=1S/C21H28N2O/c1-17-4-3-5-21(18(17)2)15-22-14-19-6-8-20(9-7-19)16-23-10-12-24-13-11-23/h3-9,22H,10-16H2,1-2H3.